The van der Waals surface area contributed by atoms with Gasteiger partial charge in [-0.15, -0.1) is 0 Å². The van der Waals surface area contributed by atoms with Crippen LogP contribution in [0.4, 0.5) is 0 Å². The normalized spacial score (nSPS) is 10.3. The van der Waals surface area contributed by atoms with Crippen LogP contribution in [0, 0.1) is 6.92 Å². The molecule has 0 aliphatic heterocycles. The van der Waals surface area contributed by atoms with Crippen molar-refractivity contribution in [3.63, 3.8) is 0 Å². The van der Waals surface area contributed by atoms with Crippen molar-refractivity contribution in [2.75, 3.05) is 0 Å². The molecule has 0 aliphatic carbocycles. The number of rotatable bonds is 2. The Bertz CT molecular complexity index is 486. The summed E-state index contributed by atoms with van der Waals surface area (Å²) in [6.07, 6.45) is 2.93. The van der Waals surface area contributed by atoms with Gasteiger partial charge < -0.3 is 4.42 Å². The average Bonchev–Trinajstić information content (AvgIpc) is 2.69. The fraction of sp³-hybridized carbons (Fsp3) is 0.0833. The molecule has 1 aromatic carbocycles. The van der Waals surface area contributed by atoms with E-state index in [0.717, 1.165) is 5.56 Å². The highest BCUT2D eigenvalue weighted by Gasteiger charge is 2.12. The summed E-state index contributed by atoms with van der Waals surface area (Å²) in [4.78, 5) is 11.9. The largest absolute Gasteiger partial charge is 0.472 e. The number of hydrogen-bond donors (Lipinski definition) is 0. The Hall–Kier alpha value is -1.54. The van der Waals surface area contributed by atoms with E-state index in [1.807, 2.05) is 6.92 Å². The number of hydrogen-bond acceptors (Lipinski definition) is 2. The van der Waals surface area contributed by atoms with Crippen molar-refractivity contribution in [3.05, 3.63) is 58.5 Å². The molecule has 0 saturated carbocycles. The van der Waals surface area contributed by atoms with Gasteiger partial charge in [0.05, 0.1) is 11.8 Å². The molecule has 1 heterocycles. The lowest BCUT2D eigenvalue weighted by Gasteiger charge is -2.03. The maximum absolute atomic E-state index is 11.9. The van der Waals surface area contributed by atoms with Gasteiger partial charge in [-0.3, -0.25) is 4.79 Å². The molecule has 0 bridgehead atoms. The molecule has 76 valence electrons. The Kier molecular flexibility index (Phi) is 2.60. The van der Waals surface area contributed by atoms with E-state index in [1.54, 1.807) is 24.3 Å². The van der Waals surface area contributed by atoms with Crippen LogP contribution in [0.15, 0.2) is 41.2 Å². The monoisotopic (exact) mass is 220 g/mol. The molecule has 3 heteroatoms. The zero-order valence-electron chi connectivity index (χ0n) is 8.16. The third kappa shape index (κ3) is 1.95. The molecule has 2 nitrogen and oxygen atoms in total. The van der Waals surface area contributed by atoms with Crippen molar-refractivity contribution >= 4 is 17.4 Å². The van der Waals surface area contributed by atoms with Crippen LogP contribution >= 0.6 is 11.6 Å². The number of ketones is 1. The molecule has 2 rings (SSSR count). The quantitative estimate of drug-likeness (QED) is 0.726. The van der Waals surface area contributed by atoms with Crippen LogP contribution in [0.25, 0.3) is 0 Å². The van der Waals surface area contributed by atoms with Crippen LogP contribution in [0.3, 0.4) is 0 Å². The number of benzene rings is 1. The smallest absolute Gasteiger partial charge is 0.196 e. The second-order valence-electron chi connectivity index (χ2n) is 3.30. The third-order valence-electron chi connectivity index (χ3n) is 2.22. The summed E-state index contributed by atoms with van der Waals surface area (Å²) in [6.45, 7) is 1.86. The van der Waals surface area contributed by atoms with Crippen LogP contribution in [-0.2, 0) is 0 Å². The lowest BCUT2D eigenvalue weighted by molar-refractivity contribution is 0.103. The van der Waals surface area contributed by atoms with Crippen LogP contribution in [0.5, 0.6) is 0 Å². The number of furan rings is 1. The minimum absolute atomic E-state index is 0.0436. The van der Waals surface area contributed by atoms with E-state index < -0.39 is 0 Å². The molecule has 0 fully saturated rings. The maximum atomic E-state index is 11.9. The predicted molar refractivity (Wildman–Crippen MR) is 58.3 cm³/mol. The third-order valence-corrected chi connectivity index (χ3v) is 2.45. The van der Waals surface area contributed by atoms with Gasteiger partial charge in [-0.2, -0.15) is 0 Å². The van der Waals surface area contributed by atoms with E-state index in [2.05, 4.69) is 0 Å². The Morgan fingerprint density at radius 2 is 2.13 bits per heavy atom. The molecule has 0 spiro atoms. The van der Waals surface area contributed by atoms with E-state index in [1.165, 1.54) is 12.5 Å². The topological polar surface area (TPSA) is 30.2 Å². The number of carbonyl (C=O) groups is 1. The van der Waals surface area contributed by atoms with Crippen molar-refractivity contribution in [2.24, 2.45) is 0 Å². The predicted octanol–water partition coefficient (Wildman–Crippen LogP) is 3.47. The molecule has 0 atom stereocenters. The van der Waals surface area contributed by atoms with Gasteiger partial charge in [-0.05, 0) is 36.8 Å². The average molecular weight is 221 g/mol. The number of carbonyl (C=O) groups excluding carboxylic acids is 1. The Morgan fingerprint density at radius 1 is 1.33 bits per heavy atom. The highest BCUT2D eigenvalue weighted by atomic mass is 35.5. The SMILES string of the molecule is Cc1cc(Cl)ccc1C(=O)c1ccoc1. The lowest BCUT2D eigenvalue weighted by Crippen LogP contribution is -2.01. The van der Waals surface area contributed by atoms with E-state index in [4.69, 9.17) is 16.0 Å². The first-order valence-corrected chi connectivity index (χ1v) is 4.89. The van der Waals surface area contributed by atoms with Crippen LogP contribution < -0.4 is 0 Å². The van der Waals surface area contributed by atoms with Crippen LogP contribution in [-0.4, -0.2) is 5.78 Å². The minimum atomic E-state index is -0.0436. The Balaban J connectivity index is 2.42. The summed E-state index contributed by atoms with van der Waals surface area (Å²) < 4.78 is 4.87. The second kappa shape index (κ2) is 3.91. The van der Waals surface area contributed by atoms with Gasteiger partial charge in [0.15, 0.2) is 5.78 Å². The van der Waals surface area contributed by atoms with Crippen molar-refractivity contribution in [1.29, 1.82) is 0 Å². The standard InChI is InChI=1S/C12H9ClO2/c1-8-6-10(13)2-3-11(8)12(14)9-4-5-15-7-9/h2-7H,1H3. The highest BCUT2D eigenvalue weighted by Crippen LogP contribution is 2.18. The van der Waals surface area contributed by atoms with Crippen LogP contribution in [0.1, 0.15) is 21.5 Å². The summed E-state index contributed by atoms with van der Waals surface area (Å²) in [5, 5.41) is 0.635. The molecule has 0 saturated heterocycles. The summed E-state index contributed by atoms with van der Waals surface area (Å²) >= 11 is 5.82. The van der Waals surface area contributed by atoms with E-state index in [-0.39, 0.29) is 5.78 Å². The molecule has 15 heavy (non-hydrogen) atoms. The van der Waals surface area contributed by atoms with Gasteiger partial charge in [0.25, 0.3) is 0 Å². The molecular formula is C12H9ClO2. The van der Waals surface area contributed by atoms with Gasteiger partial charge in [0.2, 0.25) is 0 Å². The lowest BCUT2D eigenvalue weighted by atomic mass is 10.0. The molecule has 1 aromatic heterocycles. The Labute approximate surface area is 92.5 Å². The van der Waals surface area contributed by atoms with Gasteiger partial charge in [0, 0.05) is 10.6 Å². The maximum Gasteiger partial charge on any atom is 0.196 e. The van der Waals surface area contributed by atoms with Crippen molar-refractivity contribution < 1.29 is 9.21 Å². The zero-order valence-corrected chi connectivity index (χ0v) is 8.91. The molecule has 0 N–H and O–H groups in total. The van der Waals surface area contributed by atoms with E-state index in [0.29, 0.717) is 16.1 Å². The molecule has 2 aromatic rings. The zero-order chi connectivity index (χ0) is 10.8. The Morgan fingerprint density at radius 3 is 2.73 bits per heavy atom. The fourth-order valence-electron chi connectivity index (χ4n) is 1.43. The second-order valence-corrected chi connectivity index (χ2v) is 3.74. The minimum Gasteiger partial charge on any atom is -0.472 e. The molecule has 0 radical (unpaired) electrons. The number of aryl methyl sites for hydroxylation is 1. The van der Waals surface area contributed by atoms with Crippen molar-refractivity contribution in [3.8, 4) is 0 Å². The first kappa shape index (κ1) is 9.99. The van der Waals surface area contributed by atoms with Gasteiger partial charge in [-0.25, -0.2) is 0 Å². The summed E-state index contributed by atoms with van der Waals surface area (Å²) in [6, 6.07) is 6.86. The molecule has 0 aliphatic rings. The van der Waals surface area contributed by atoms with Gasteiger partial charge in [-0.1, -0.05) is 11.6 Å². The number of halogens is 1. The van der Waals surface area contributed by atoms with E-state index >= 15 is 0 Å². The molecule has 0 unspecified atom stereocenters. The van der Waals surface area contributed by atoms with Gasteiger partial charge in [0.1, 0.15) is 6.26 Å². The fourth-order valence-corrected chi connectivity index (χ4v) is 1.66. The first-order valence-electron chi connectivity index (χ1n) is 4.51. The first-order chi connectivity index (χ1) is 7.18. The van der Waals surface area contributed by atoms with Crippen molar-refractivity contribution in [2.45, 2.75) is 6.92 Å². The molecular weight excluding hydrogens is 212 g/mol. The highest BCUT2D eigenvalue weighted by molar-refractivity contribution is 6.30. The van der Waals surface area contributed by atoms with Gasteiger partial charge >= 0.3 is 0 Å². The van der Waals surface area contributed by atoms with E-state index in [9.17, 15) is 4.79 Å². The van der Waals surface area contributed by atoms with Crippen LogP contribution in [0.2, 0.25) is 5.02 Å². The summed E-state index contributed by atoms with van der Waals surface area (Å²) in [7, 11) is 0. The summed E-state index contributed by atoms with van der Waals surface area (Å²) in [5.74, 6) is -0.0436. The summed E-state index contributed by atoms with van der Waals surface area (Å²) in [5.41, 5.74) is 2.08. The van der Waals surface area contributed by atoms with Crippen molar-refractivity contribution in [1.82, 2.24) is 0 Å². The molecule has 0 amide bonds.